The number of carbonyl (C=O) groups is 2. The van der Waals surface area contributed by atoms with Crippen LogP contribution >= 0.6 is 0 Å². The number of aliphatic hydroxyl groups excluding tert-OH is 1. The van der Waals surface area contributed by atoms with Crippen molar-refractivity contribution in [2.45, 2.75) is 32.3 Å². The Morgan fingerprint density at radius 3 is 2.45 bits per heavy atom. The molecule has 0 spiro atoms. The van der Waals surface area contributed by atoms with Gasteiger partial charge in [-0.05, 0) is 50.5 Å². The number of benzene rings is 1. The molecule has 5 nitrogen and oxygen atoms in total. The first-order valence-corrected chi connectivity index (χ1v) is 7.93. The molecular formula is C17H22N2O3. The van der Waals surface area contributed by atoms with Gasteiger partial charge in [-0.25, -0.2) is 0 Å². The lowest BCUT2D eigenvalue weighted by atomic mass is 10.0. The molecule has 3 rings (SSSR count). The summed E-state index contributed by atoms with van der Waals surface area (Å²) >= 11 is 0. The minimum Gasteiger partial charge on any atom is -0.393 e. The molecule has 118 valence electrons. The van der Waals surface area contributed by atoms with E-state index in [0.717, 1.165) is 24.9 Å². The summed E-state index contributed by atoms with van der Waals surface area (Å²) in [5, 5.41) is 12.5. The zero-order chi connectivity index (χ0) is 15.7. The molecular weight excluding hydrogens is 280 g/mol. The van der Waals surface area contributed by atoms with Gasteiger partial charge in [-0.1, -0.05) is 0 Å². The molecule has 1 aromatic carbocycles. The molecule has 0 radical (unpaired) electrons. The molecule has 2 amide bonds. The molecule has 1 heterocycles. The van der Waals surface area contributed by atoms with Crippen molar-refractivity contribution in [3.8, 4) is 0 Å². The molecule has 5 heteroatoms. The largest absolute Gasteiger partial charge is 0.393 e. The Kier molecular flexibility index (Phi) is 4.16. The van der Waals surface area contributed by atoms with E-state index in [1.165, 1.54) is 0 Å². The predicted octanol–water partition coefficient (Wildman–Crippen LogP) is 1.88. The maximum absolute atomic E-state index is 12.4. The van der Waals surface area contributed by atoms with Gasteiger partial charge in [-0.2, -0.15) is 0 Å². The lowest BCUT2D eigenvalue weighted by molar-refractivity contribution is -0.117. The molecule has 2 aliphatic rings. The van der Waals surface area contributed by atoms with E-state index in [9.17, 15) is 14.7 Å². The number of nitrogens with one attached hydrogen (secondary N) is 1. The minimum absolute atomic E-state index is 0.0109. The lowest BCUT2D eigenvalue weighted by Gasteiger charge is -2.18. The number of amides is 2. The van der Waals surface area contributed by atoms with Crippen LogP contribution in [0.3, 0.4) is 0 Å². The van der Waals surface area contributed by atoms with Gasteiger partial charge in [-0.3, -0.25) is 9.59 Å². The van der Waals surface area contributed by atoms with Crippen LogP contribution < -0.4 is 5.32 Å². The summed E-state index contributed by atoms with van der Waals surface area (Å²) in [7, 11) is 0. The molecule has 2 atom stereocenters. The van der Waals surface area contributed by atoms with E-state index in [1.807, 2.05) is 0 Å². The third-order valence-corrected chi connectivity index (χ3v) is 4.54. The van der Waals surface area contributed by atoms with E-state index in [2.05, 4.69) is 5.32 Å². The van der Waals surface area contributed by atoms with Crippen molar-refractivity contribution in [3.63, 3.8) is 0 Å². The number of hydrogen-bond donors (Lipinski definition) is 2. The summed E-state index contributed by atoms with van der Waals surface area (Å²) in [4.78, 5) is 25.9. The van der Waals surface area contributed by atoms with E-state index in [-0.39, 0.29) is 29.8 Å². The molecule has 2 fully saturated rings. The lowest BCUT2D eigenvalue weighted by Crippen LogP contribution is -2.30. The Morgan fingerprint density at radius 2 is 1.91 bits per heavy atom. The molecule has 1 aliphatic carbocycles. The molecule has 1 aliphatic heterocycles. The number of rotatable bonds is 4. The minimum atomic E-state index is -0.377. The van der Waals surface area contributed by atoms with Gasteiger partial charge in [-0.15, -0.1) is 0 Å². The maximum atomic E-state index is 12.4. The molecule has 22 heavy (non-hydrogen) atoms. The zero-order valence-corrected chi connectivity index (χ0v) is 12.8. The zero-order valence-electron chi connectivity index (χ0n) is 12.8. The van der Waals surface area contributed by atoms with Crippen molar-refractivity contribution in [2.24, 2.45) is 11.8 Å². The standard InChI is InChI=1S/C17H22N2O3/c1-11(20)14-8-9-19(10-14)17(22)13-4-6-15(7-5-13)18-16(21)12-2-3-12/h4-7,11-12,14,20H,2-3,8-10H2,1H3,(H,18,21). The summed E-state index contributed by atoms with van der Waals surface area (Å²) in [5.74, 6) is 0.394. The number of anilines is 1. The molecule has 1 aromatic rings. The van der Waals surface area contributed by atoms with Crippen LogP contribution in [-0.2, 0) is 4.79 Å². The van der Waals surface area contributed by atoms with Crippen molar-refractivity contribution < 1.29 is 14.7 Å². The van der Waals surface area contributed by atoms with E-state index in [1.54, 1.807) is 36.1 Å². The van der Waals surface area contributed by atoms with Crippen LogP contribution in [0.15, 0.2) is 24.3 Å². The highest BCUT2D eigenvalue weighted by Crippen LogP contribution is 2.30. The van der Waals surface area contributed by atoms with Crippen molar-refractivity contribution in [1.29, 1.82) is 0 Å². The van der Waals surface area contributed by atoms with E-state index >= 15 is 0 Å². The Morgan fingerprint density at radius 1 is 1.23 bits per heavy atom. The summed E-state index contributed by atoms with van der Waals surface area (Å²) in [6.45, 7) is 3.07. The van der Waals surface area contributed by atoms with Crippen LogP contribution in [-0.4, -0.2) is 41.0 Å². The second kappa shape index (κ2) is 6.08. The van der Waals surface area contributed by atoms with Crippen LogP contribution in [0.2, 0.25) is 0 Å². The SMILES string of the molecule is CC(O)C1CCN(C(=O)c2ccc(NC(=O)C3CC3)cc2)C1. The fourth-order valence-corrected chi connectivity index (χ4v) is 2.83. The number of carbonyl (C=O) groups excluding carboxylic acids is 2. The van der Waals surface area contributed by atoms with Crippen molar-refractivity contribution in [1.82, 2.24) is 4.90 Å². The third kappa shape index (κ3) is 3.30. The first-order chi connectivity index (χ1) is 10.5. The highest BCUT2D eigenvalue weighted by molar-refractivity contribution is 5.96. The van der Waals surface area contributed by atoms with Gasteiger partial charge < -0.3 is 15.3 Å². The second-order valence-corrected chi connectivity index (χ2v) is 6.38. The smallest absolute Gasteiger partial charge is 0.253 e. The first kappa shape index (κ1) is 15.0. The van der Waals surface area contributed by atoms with E-state index < -0.39 is 0 Å². The fraction of sp³-hybridized carbons (Fsp3) is 0.529. The van der Waals surface area contributed by atoms with Crippen LogP contribution in [0, 0.1) is 11.8 Å². The number of likely N-dealkylation sites (tertiary alicyclic amines) is 1. The van der Waals surface area contributed by atoms with Gasteiger partial charge in [0, 0.05) is 36.2 Å². The summed E-state index contributed by atoms with van der Waals surface area (Å²) in [5.41, 5.74) is 1.35. The van der Waals surface area contributed by atoms with Gasteiger partial charge in [0.25, 0.3) is 5.91 Å². The molecule has 2 unspecified atom stereocenters. The van der Waals surface area contributed by atoms with Crippen LogP contribution in [0.5, 0.6) is 0 Å². The summed E-state index contributed by atoms with van der Waals surface area (Å²) in [6, 6.07) is 7.05. The number of aliphatic hydroxyl groups is 1. The molecule has 0 aromatic heterocycles. The van der Waals surface area contributed by atoms with Gasteiger partial charge in [0.15, 0.2) is 0 Å². The summed E-state index contributed by atoms with van der Waals surface area (Å²) in [6.07, 6.45) is 2.42. The maximum Gasteiger partial charge on any atom is 0.253 e. The Balaban J connectivity index is 1.60. The topological polar surface area (TPSA) is 69.6 Å². The van der Waals surface area contributed by atoms with E-state index in [0.29, 0.717) is 18.7 Å². The normalized spacial score (nSPS) is 22.5. The van der Waals surface area contributed by atoms with Crippen LogP contribution in [0.25, 0.3) is 0 Å². The molecule has 0 bridgehead atoms. The van der Waals surface area contributed by atoms with Crippen molar-refractivity contribution >= 4 is 17.5 Å². The quantitative estimate of drug-likeness (QED) is 0.892. The Labute approximate surface area is 130 Å². The second-order valence-electron chi connectivity index (χ2n) is 6.38. The van der Waals surface area contributed by atoms with Gasteiger partial charge in [0.1, 0.15) is 0 Å². The Hall–Kier alpha value is -1.88. The number of nitrogens with zero attached hydrogens (tertiary/aromatic N) is 1. The average Bonchev–Trinajstić information content (AvgIpc) is 3.24. The highest BCUT2D eigenvalue weighted by atomic mass is 16.3. The van der Waals surface area contributed by atoms with Crippen LogP contribution in [0.4, 0.5) is 5.69 Å². The van der Waals surface area contributed by atoms with Crippen molar-refractivity contribution in [3.05, 3.63) is 29.8 Å². The Bertz CT molecular complexity index is 564. The predicted molar refractivity (Wildman–Crippen MR) is 83.5 cm³/mol. The first-order valence-electron chi connectivity index (χ1n) is 7.93. The van der Waals surface area contributed by atoms with Crippen molar-refractivity contribution in [2.75, 3.05) is 18.4 Å². The third-order valence-electron chi connectivity index (χ3n) is 4.54. The summed E-state index contributed by atoms with van der Waals surface area (Å²) < 4.78 is 0. The van der Waals surface area contributed by atoms with Gasteiger partial charge >= 0.3 is 0 Å². The van der Waals surface area contributed by atoms with E-state index in [4.69, 9.17) is 0 Å². The average molecular weight is 302 g/mol. The fourth-order valence-electron chi connectivity index (χ4n) is 2.83. The molecule has 1 saturated carbocycles. The number of hydrogen-bond acceptors (Lipinski definition) is 3. The van der Waals surface area contributed by atoms with Gasteiger partial charge in [0.05, 0.1) is 6.10 Å². The van der Waals surface area contributed by atoms with Crippen LogP contribution in [0.1, 0.15) is 36.5 Å². The van der Waals surface area contributed by atoms with Gasteiger partial charge in [0.2, 0.25) is 5.91 Å². The highest BCUT2D eigenvalue weighted by Gasteiger charge is 2.30. The monoisotopic (exact) mass is 302 g/mol. The molecule has 1 saturated heterocycles. The molecule has 2 N–H and O–H groups in total.